The summed E-state index contributed by atoms with van der Waals surface area (Å²) in [6.45, 7) is 0.748. The van der Waals surface area contributed by atoms with Crippen molar-refractivity contribution >= 4 is 23.1 Å². The molecule has 2 aromatic rings. The number of benzene rings is 2. The number of nitrogens with two attached hydrogens (primary N) is 2. The molecule has 0 radical (unpaired) electrons. The van der Waals surface area contributed by atoms with E-state index in [1.165, 1.54) is 0 Å². The molecule has 18 heavy (non-hydrogen) atoms. The first-order valence-corrected chi connectivity index (χ1v) is 5.86. The molecule has 2 aromatic carbocycles. The maximum Gasteiger partial charge on any atom is 0.0389 e. The molecule has 0 saturated heterocycles. The van der Waals surface area contributed by atoms with E-state index in [1.54, 1.807) is 6.07 Å². The molecule has 0 aliphatic rings. The monoisotopic (exact) mass is 239 g/mol. The Balaban J connectivity index is 1.94. The summed E-state index contributed by atoms with van der Waals surface area (Å²) in [5, 5.41) is 3.29. The second-order valence-corrected chi connectivity index (χ2v) is 4.04. The number of nitrogens with one attached hydrogen (secondary N) is 1. The van der Waals surface area contributed by atoms with Crippen LogP contribution in [0.5, 0.6) is 0 Å². The van der Waals surface area contributed by atoms with Gasteiger partial charge >= 0.3 is 0 Å². The largest absolute Gasteiger partial charge is 0.399 e. The predicted molar refractivity (Wildman–Crippen MR) is 79.2 cm³/mol. The van der Waals surface area contributed by atoms with Crippen LogP contribution in [0.4, 0.5) is 17.1 Å². The van der Waals surface area contributed by atoms with Gasteiger partial charge in [0.15, 0.2) is 0 Å². The fraction of sp³-hybridized carbons (Fsp3) is 0.0667. The highest BCUT2D eigenvalue weighted by Gasteiger charge is 1.94. The van der Waals surface area contributed by atoms with Gasteiger partial charge in [0.2, 0.25) is 0 Å². The third-order valence-electron chi connectivity index (χ3n) is 2.61. The van der Waals surface area contributed by atoms with Crippen molar-refractivity contribution in [2.45, 2.75) is 0 Å². The summed E-state index contributed by atoms with van der Waals surface area (Å²) < 4.78 is 0. The number of nitrogen functional groups attached to an aromatic ring is 2. The molecule has 0 aliphatic carbocycles. The Labute approximate surface area is 107 Å². The van der Waals surface area contributed by atoms with Crippen LogP contribution in [-0.4, -0.2) is 6.54 Å². The van der Waals surface area contributed by atoms with Gasteiger partial charge in [-0.3, -0.25) is 0 Å². The molecule has 2 rings (SSSR count). The molecule has 0 aromatic heterocycles. The Morgan fingerprint density at radius 1 is 1.00 bits per heavy atom. The summed E-state index contributed by atoms with van der Waals surface area (Å²) in [6.07, 6.45) is 4.00. The maximum absolute atomic E-state index is 5.86. The van der Waals surface area contributed by atoms with E-state index in [1.807, 2.05) is 54.6 Å². The molecule has 3 heteroatoms. The van der Waals surface area contributed by atoms with Crippen LogP contribution in [0.25, 0.3) is 6.08 Å². The second-order valence-electron chi connectivity index (χ2n) is 4.04. The zero-order valence-corrected chi connectivity index (χ0v) is 10.1. The smallest absolute Gasteiger partial charge is 0.0389 e. The Morgan fingerprint density at radius 2 is 1.78 bits per heavy atom. The SMILES string of the molecule is Nc1ccc(N)c(C=CCNc2ccccc2)c1. The molecule has 0 fully saturated rings. The van der Waals surface area contributed by atoms with Crippen LogP contribution in [0, 0.1) is 0 Å². The van der Waals surface area contributed by atoms with Crippen LogP contribution in [0.2, 0.25) is 0 Å². The highest BCUT2D eigenvalue weighted by molar-refractivity contribution is 5.68. The average Bonchev–Trinajstić information content (AvgIpc) is 2.40. The van der Waals surface area contributed by atoms with Gasteiger partial charge in [-0.25, -0.2) is 0 Å². The van der Waals surface area contributed by atoms with Crippen LogP contribution >= 0.6 is 0 Å². The highest BCUT2D eigenvalue weighted by atomic mass is 14.8. The van der Waals surface area contributed by atoms with E-state index in [9.17, 15) is 0 Å². The summed E-state index contributed by atoms with van der Waals surface area (Å²) in [5.41, 5.74) is 15.1. The minimum atomic E-state index is 0.722. The first kappa shape index (κ1) is 12.0. The van der Waals surface area contributed by atoms with Gasteiger partial charge in [0.1, 0.15) is 0 Å². The van der Waals surface area contributed by atoms with Crippen LogP contribution in [0.3, 0.4) is 0 Å². The first-order valence-electron chi connectivity index (χ1n) is 5.86. The second kappa shape index (κ2) is 5.77. The van der Waals surface area contributed by atoms with Gasteiger partial charge in [-0.1, -0.05) is 30.4 Å². The number of hydrogen-bond acceptors (Lipinski definition) is 3. The van der Waals surface area contributed by atoms with Crippen molar-refractivity contribution < 1.29 is 0 Å². The number of hydrogen-bond donors (Lipinski definition) is 3. The fourth-order valence-corrected chi connectivity index (χ4v) is 1.66. The Hall–Kier alpha value is -2.42. The summed E-state index contributed by atoms with van der Waals surface area (Å²) in [4.78, 5) is 0. The molecular formula is C15H17N3. The lowest BCUT2D eigenvalue weighted by Crippen LogP contribution is -1.97. The van der Waals surface area contributed by atoms with E-state index in [0.29, 0.717) is 0 Å². The van der Waals surface area contributed by atoms with E-state index >= 15 is 0 Å². The summed E-state index contributed by atoms with van der Waals surface area (Å²) >= 11 is 0. The normalized spacial score (nSPS) is 10.7. The molecule has 0 amide bonds. The number of para-hydroxylation sites is 1. The topological polar surface area (TPSA) is 64.1 Å². The lowest BCUT2D eigenvalue weighted by Gasteiger charge is -2.03. The molecule has 0 aliphatic heterocycles. The van der Waals surface area contributed by atoms with Crippen LogP contribution < -0.4 is 16.8 Å². The van der Waals surface area contributed by atoms with Gasteiger partial charge in [-0.05, 0) is 35.9 Å². The van der Waals surface area contributed by atoms with E-state index < -0.39 is 0 Å². The van der Waals surface area contributed by atoms with E-state index in [0.717, 1.165) is 29.2 Å². The van der Waals surface area contributed by atoms with Gasteiger partial charge < -0.3 is 16.8 Å². The Kier molecular flexibility index (Phi) is 3.86. The van der Waals surface area contributed by atoms with Crippen molar-refractivity contribution in [3.05, 3.63) is 60.2 Å². The molecule has 92 valence electrons. The van der Waals surface area contributed by atoms with Crippen molar-refractivity contribution in [3.63, 3.8) is 0 Å². The van der Waals surface area contributed by atoms with Crippen molar-refractivity contribution in [2.75, 3.05) is 23.3 Å². The Morgan fingerprint density at radius 3 is 2.56 bits per heavy atom. The fourth-order valence-electron chi connectivity index (χ4n) is 1.66. The van der Waals surface area contributed by atoms with Gasteiger partial charge in [0.25, 0.3) is 0 Å². The number of rotatable bonds is 4. The predicted octanol–water partition coefficient (Wildman–Crippen LogP) is 2.98. The standard InChI is InChI=1S/C15H17N3/c16-13-8-9-15(17)12(11-13)5-4-10-18-14-6-2-1-3-7-14/h1-9,11,18H,10,16-17H2. The highest BCUT2D eigenvalue weighted by Crippen LogP contribution is 2.16. The third kappa shape index (κ3) is 3.28. The van der Waals surface area contributed by atoms with Gasteiger partial charge in [0, 0.05) is 23.6 Å². The minimum Gasteiger partial charge on any atom is -0.399 e. The zero-order valence-electron chi connectivity index (χ0n) is 10.1. The minimum absolute atomic E-state index is 0.722. The average molecular weight is 239 g/mol. The van der Waals surface area contributed by atoms with Crippen molar-refractivity contribution in [1.82, 2.24) is 0 Å². The molecule has 0 atom stereocenters. The molecular weight excluding hydrogens is 222 g/mol. The van der Waals surface area contributed by atoms with E-state index in [2.05, 4.69) is 5.32 Å². The van der Waals surface area contributed by atoms with Gasteiger partial charge in [-0.2, -0.15) is 0 Å². The lowest BCUT2D eigenvalue weighted by atomic mass is 10.1. The van der Waals surface area contributed by atoms with Crippen molar-refractivity contribution in [3.8, 4) is 0 Å². The van der Waals surface area contributed by atoms with Crippen molar-refractivity contribution in [1.29, 1.82) is 0 Å². The molecule has 5 N–H and O–H groups in total. The van der Waals surface area contributed by atoms with Crippen molar-refractivity contribution in [2.24, 2.45) is 0 Å². The van der Waals surface area contributed by atoms with Crippen LogP contribution in [-0.2, 0) is 0 Å². The zero-order chi connectivity index (χ0) is 12.8. The molecule has 0 spiro atoms. The van der Waals surface area contributed by atoms with Crippen LogP contribution in [0.15, 0.2) is 54.6 Å². The van der Waals surface area contributed by atoms with E-state index in [-0.39, 0.29) is 0 Å². The summed E-state index contributed by atoms with van der Waals surface area (Å²) in [5.74, 6) is 0. The molecule has 0 unspecified atom stereocenters. The van der Waals surface area contributed by atoms with Gasteiger partial charge in [0.05, 0.1) is 0 Å². The molecule has 0 saturated carbocycles. The maximum atomic E-state index is 5.86. The van der Waals surface area contributed by atoms with Gasteiger partial charge in [-0.15, -0.1) is 0 Å². The molecule has 3 nitrogen and oxygen atoms in total. The lowest BCUT2D eigenvalue weighted by molar-refractivity contribution is 1.34. The molecule has 0 bridgehead atoms. The first-order chi connectivity index (χ1) is 8.75. The van der Waals surface area contributed by atoms with Crippen LogP contribution in [0.1, 0.15) is 5.56 Å². The number of anilines is 3. The quantitative estimate of drug-likeness (QED) is 0.719. The summed E-state index contributed by atoms with van der Waals surface area (Å²) in [7, 11) is 0. The summed E-state index contributed by atoms with van der Waals surface area (Å²) in [6, 6.07) is 15.5. The van der Waals surface area contributed by atoms with E-state index in [4.69, 9.17) is 11.5 Å². The third-order valence-corrected chi connectivity index (χ3v) is 2.61. The molecule has 0 heterocycles. The Bertz CT molecular complexity index is 533.